The Kier molecular flexibility index (Phi) is 5.24. The van der Waals surface area contributed by atoms with Gasteiger partial charge in [0.2, 0.25) is 5.91 Å². The minimum Gasteiger partial charge on any atom is -0.341 e. The summed E-state index contributed by atoms with van der Waals surface area (Å²) in [6.45, 7) is 5.40. The van der Waals surface area contributed by atoms with E-state index in [0.29, 0.717) is 6.42 Å². The van der Waals surface area contributed by atoms with Gasteiger partial charge >= 0.3 is 0 Å². The fourth-order valence-corrected chi connectivity index (χ4v) is 3.12. The SMILES string of the molecule is C#CCC(N)C(=O)N1CCC(CN2CCCC2)CC1. The third-order valence-corrected chi connectivity index (χ3v) is 4.30. The van der Waals surface area contributed by atoms with Crippen LogP contribution in [-0.2, 0) is 4.79 Å². The molecular weight excluding hydrogens is 238 g/mol. The molecule has 0 aliphatic carbocycles. The third kappa shape index (κ3) is 3.95. The minimum absolute atomic E-state index is 0.0255. The maximum absolute atomic E-state index is 12.0. The predicted molar refractivity (Wildman–Crippen MR) is 76.4 cm³/mol. The number of amides is 1. The van der Waals surface area contributed by atoms with E-state index in [1.54, 1.807) is 0 Å². The van der Waals surface area contributed by atoms with Crippen LogP contribution in [0.25, 0.3) is 0 Å². The highest BCUT2D eigenvalue weighted by Crippen LogP contribution is 2.21. The standard InChI is InChI=1S/C15H25N3O/c1-2-5-14(16)15(19)18-10-6-13(7-11-18)12-17-8-3-4-9-17/h1,13-14H,3-12,16H2. The van der Waals surface area contributed by atoms with Crippen LogP contribution in [0.4, 0.5) is 0 Å². The number of nitrogens with two attached hydrogens (primary N) is 1. The van der Waals surface area contributed by atoms with Gasteiger partial charge in [-0.05, 0) is 44.7 Å². The Bertz CT molecular complexity index is 336. The van der Waals surface area contributed by atoms with Gasteiger partial charge in [-0.2, -0.15) is 0 Å². The van der Waals surface area contributed by atoms with Gasteiger partial charge in [0.05, 0.1) is 6.04 Å². The first-order chi connectivity index (χ1) is 9.20. The molecule has 2 saturated heterocycles. The maximum Gasteiger partial charge on any atom is 0.240 e. The van der Waals surface area contributed by atoms with Crippen molar-refractivity contribution in [2.45, 2.75) is 38.1 Å². The van der Waals surface area contributed by atoms with Crippen LogP contribution in [0.2, 0.25) is 0 Å². The van der Waals surface area contributed by atoms with E-state index in [0.717, 1.165) is 31.8 Å². The Morgan fingerprint density at radius 3 is 2.47 bits per heavy atom. The molecule has 0 aromatic rings. The van der Waals surface area contributed by atoms with Crippen LogP contribution in [0.15, 0.2) is 0 Å². The van der Waals surface area contributed by atoms with Crippen molar-refractivity contribution < 1.29 is 4.79 Å². The maximum atomic E-state index is 12.0. The van der Waals surface area contributed by atoms with Crippen LogP contribution in [0.5, 0.6) is 0 Å². The first-order valence-corrected chi connectivity index (χ1v) is 7.41. The van der Waals surface area contributed by atoms with E-state index in [4.69, 9.17) is 12.2 Å². The predicted octanol–water partition coefficient (Wildman–Crippen LogP) is 0.671. The lowest BCUT2D eigenvalue weighted by molar-refractivity contribution is -0.133. The van der Waals surface area contributed by atoms with Crippen molar-refractivity contribution in [3.63, 3.8) is 0 Å². The lowest BCUT2D eigenvalue weighted by Crippen LogP contribution is -2.48. The third-order valence-electron chi connectivity index (χ3n) is 4.30. The summed E-state index contributed by atoms with van der Waals surface area (Å²) in [6.07, 6.45) is 10.4. The minimum atomic E-state index is -0.514. The number of terminal acetylenes is 1. The van der Waals surface area contributed by atoms with E-state index in [1.807, 2.05) is 4.90 Å². The van der Waals surface area contributed by atoms with Gasteiger partial charge in [-0.25, -0.2) is 0 Å². The summed E-state index contributed by atoms with van der Waals surface area (Å²) in [6, 6.07) is -0.514. The quantitative estimate of drug-likeness (QED) is 0.759. The van der Waals surface area contributed by atoms with Crippen molar-refractivity contribution in [2.24, 2.45) is 11.7 Å². The zero-order valence-corrected chi connectivity index (χ0v) is 11.7. The van der Waals surface area contributed by atoms with Crippen LogP contribution in [0.1, 0.15) is 32.1 Å². The average Bonchev–Trinajstić information content (AvgIpc) is 2.92. The number of likely N-dealkylation sites (tertiary alicyclic amines) is 2. The second-order valence-electron chi connectivity index (χ2n) is 5.79. The molecular formula is C15H25N3O. The largest absolute Gasteiger partial charge is 0.341 e. The molecule has 4 nitrogen and oxygen atoms in total. The summed E-state index contributed by atoms with van der Waals surface area (Å²) in [7, 11) is 0. The molecule has 0 radical (unpaired) electrons. The lowest BCUT2D eigenvalue weighted by Gasteiger charge is -2.34. The molecule has 2 heterocycles. The molecule has 0 aromatic carbocycles. The molecule has 0 spiro atoms. The highest BCUT2D eigenvalue weighted by atomic mass is 16.2. The summed E-state index contributed by atoms with van der Waals surface area (Å²) in [4.78, 5) is 16.5. The van der Waals surface area contributed by atoms with Crippen molar-refractivity contribution in [2.75, 3.05) is 32.7 Å². The summed E-state index contributed by atoms with van der Waals surface area (Å²) in [5.74, 6) is 3.23. The van der Waals surface area contributed by atoms with Crippen LogP contribution in [0.3, 0.4) is 0 Å². The molecule has 1 atom stereocenters. The fraction of sp³-hybridized carbons (Fsp3) is 0.800. The Morgan fingerprint density at radius 1 is 1.26 bits per heavy atom. The van der Waals surface area contributed by atoms with E-state index in [1.165, 1.54) is 32.5 Å². The molecule has 1 unspecified atom stereocenters. The number of piperidine rings is 1. The van der Waals surface area contributed by atoms with Gasteiger partial charge in [-0.3, -0.25) is 4.79 Å². The van der Waals surface area contributed by atoms with Gasteiger partial charge in [0.15, 0.2) is 0 Å². The van der Waals surface area contributed by atoms with Crippen LogP contribution in [0, 0.1) is 18.3 Å². The van der Waals surface area contributed by atoms with Crippen molar-refractivity contribution in [3.8, 4) is 12.3 Å². The molecule has 2 fully saturated rings. The average molecular weight is 263 g/mol. The van der Waals surface area contributed by atoms with Crippen molar-refractivity contribution in [3.05, 3.63) is 0 Å². The number of carbonyl (C=O) groups excluding carboxylic acids is 1. The summed E-state index contributed by atoms with van der Waals surface area (Å²) in [5, 5.41) is 0. The highest BCUT2D eigenvalue weighted by Gasteiger charge is 2.27. The zero-order chi connectivity index (χ0) is 13.7. The van der Waals surface area contributed by atoms with Crippen LogP contribution >= 0.6 is 0 Å². The summed E-state index contributed by atoms with van der Waals surface area (Å²) >= 11 is 0. The molecule has 0 aromatic heterocycles. The van der Waals surface area contributed by atoms with Gasteiger partial charge in [-0.15, -0.1) is 12.3 Å². The fourth-order valence-electron chi connectivity index (χ4n) is 3.12. The van der Waals surface area contributed by atoms with Gasteiger partial charge < -0.3 is 15.5 Å². The van der Waals surface area contributed by atoms with Crippen molar-refractivity contribution in [1.29, 1.82) is 0 Å². The van der Waals surface area contributed by atoms with E-state index >= 15 is 0 Å². The molecule has 4 heteroatoms. The first-order valence-electron chi connectivity index (χ1n) is 7.41. The Balaban J connectivity index is 1.72. The number of rotatable bonds is 4. The zero-order valence-electron chi connectivity index (χ0n) is 11.7. The van der Waals surface area contributed by atoms with Gasteiger partial charge in [0, 0.05) is 26.1 Å². The summed E-state index contributed by atoms with van der Waals surface area (Å²) in [5.41, 5.74) is 5.78. The molecule has 2 aliphatic heterocycles. The number of hydrogen-bond donors (Lipinski definition) is 1. The van der Waals surface area contributed by atoms with E-state index in [2.05, 4.69) is 10.8 Å². The second-order valence-corrected chi connectivity index (χ2v) is 5.79. The Hall–Kier alpha value is -1.05. The van der Waals surface area contributed by atoms with Gasteiger partial charge in [-0.1, -0.05) is 0 Å². The Labute approximate surface area is 116 Å². The summed E-state index contributed by atoms with van der Waals surface area (Å²) < 4.78 is 0. The van der Waals surface area contributed by atoms with E-state index in [9.17, 15) is 4.79 Å². The topological polar surface area (TPSA) is 49.6 Å². The highest BCUT2D eigenvalue weighted by molar-refractivity contribution is 5.82. The molecule has 2 rings (SSSR count). The number of hydrogen-bond acceptors (Lipinski definition) is 3. The normalized spacial score (nSPS) is 23.3. The molecule has 2 N–H and O–H groups in total. The van der Waals surface area contributed by atoms with Gasteiger partial charge in [0.25, 0.3) is 0 Å². The van der Waals surface area contributed by atoms with E-state index in [-0.39, 0.29) is 5.91 Å². The van der Waals surface area contributed by atoms with Crippen molar-refractivity contribution in [1.82, 2.24) is 9.80 Å². The number of carbonyl (C=O) groups is 1. The van der Waals surface area contributed by atoms with Gasteiger partial charge in [0.1, 0.15) is 0 Å². The molecule has 0 saturated carbocycles. The molecule has 1 amide bonds. The van der Waals surface area contributed by atoms with E-state index < -0.39 is 6.04 Å². The Morgan fingerprint density at radius 2 is 1.89 bits per heavy atom. The number of nitrogens with zero attached hydrogens (tertiary/aromatic N) is 2. The monoisotopic (exact) mass is 263 g/mol. The van der Waals surface area contributed by atoms with Crippen molar-refractivity contribution >= 4 is 5.91 Å². The molecule has 2 aliphatic rings. The smallest absolute Gasteiger partial charge is 0.240 e. The van der Waals surface area contributed by atoms with Crippen LogP contribution in [-0.4, -0.2) is 54.5 Å². The lowest BCUT2D eigenvalue weighted by atomic mass is 9.95. The molecule has 106 valence electrons. The first kappa shape index (κ1) is 14.4. The second kappa shape index (κ2) is 6.93. The molecule has 0 bridgehead atoms. The van der Waals surface area contributed by atoms with Crippen LogP contribution < -0.4 is 5.73 Å². The molecule has 19 heavy (non-hydrogen) atoms.